The topological polar surface area (TPSA) is 0 Å². The lowest BCUT2D eigenvalue weighted by molar-refractivity contribution is 0.506. The van der Waals surface area contributed by atoms with E-state index < -0.39 is 0 Å². The molecule has 7 rings (SSSR count). The first-order valence-electron chi connectivity index (χ1n) is 35.3. The molecule has 1 aliphatic rings. The summed E-state index contributed by atoms with van der Waals surface area (Å²) in [5.41, 5.74) is 21.6. The van der Waals surface area contributed by atoms with Crippen molar-refractivity contribution in [2.24, 2.45) is 0 Å². The average Bonchev–Trinajstić information content (AvgIpc) is 3.77. The summed E-state index contributed by atoms with van der Waals surface area (Å²) >= 11 is 0. The number of rotatable bonds is 14. The second-order valence-corrected chi connectivity index (χ2v) is 23.3. The van der Waals surface area contributed by atoms with Gasteiger partial charge in [-0.3, -0.25) is 0 Å². The summed E-state index contributed by atoms with van der Waals surface area (Å²) < 4.78 is 0. The third-order valence-electron chi connectivity index (χ3n) is 16.5. The van der Waals surface area contributed by atoms with Gasteiger partial charge in [-0.25, -0.2) is 0 Å². The van der Waals surface area contributed by atoms with Gasteiger partial charge in [0.15, 0.2) is 0 Å². The van der Waals surface area contributed by atoms with Crippen LogP contribution in [0.1, 0.15) is 341 Å². The summed E-state index contributed by atoms with van der Waals surface area (Å²) in [7, 11) is 0. The van der Waals surface area contributed by atoms with E-state index in [1.165, 1.54) is 113 Å². The molecular weight excluding hydrogens is 1040 g/mol. The zero-order chi connectivity index (χ0) is 68.3. The molecule has 0 bridgehead atoms. The van der Waals surface area contributed by atoms with Crippen molar-refractivity contribution in [3.05, 3.63) is 225 Å². The molecule has 0 spiro atoms. The Balaban J connectivity index is -0.000000299. The Morgan fingerprint density at radius 3 is 1.14 bits per heavy atom. The molecule has 0 aromatic heterocycles. The van der Waals surface area contributed by atoms with E-state index in [4.69, 9.17) is 0 Å². The van der Waals surface area contributed by atoms with Crippen molar-refractivity contribution in [1.82, 2.24) is 0 Å². The number of aryl methyl sites for hydroxylation is 4. The maximum atomic E-state index is 4.02. The zero-order valence-corrected chi connectivity index (χ0v) is 63.6. The maximum absolute atomic E-state index is 4.02. The van der Waals surface area contributed by atoms with E-state index in [1.54, 1.807) is 16.7 Å². The van der Waals surface area contributed by atoms with Crippen molar-refractivity contribution in [1.29, 1.82) is 0 Å². The molecular formula is C87H144. The van der Waals surface area contributed by atoms with Crippen LogP contribution in [0.3, 0.4) is 0 Å². The van der Waals surface area contributed by atoms with E-state index in [0.29, 0.717) is 28.6 Å². The minimum absolute atomic E-state index is 0.335. The van der Waals surface area contributed by atoms with Crippen LogP contribution in [0.5, 0.6) is 0 Å². The highest BCUT2D eigenvalue weighted by Gasteiger charge is 2.18. The first kappa shape index (κ1) is 90.5. The molecule has 0 heterocycles. The second kappa shape index (κ2) is 54.9. The second-order valence-electron chi connectivity index (χ2n) is 23.3. The molecule has 0 N–H and O–H groups in total. The number of benzene rings is 6. The van der Waals surface area contributed by atoms with Gasteiger partial charge in [0.05, 0.1) is 0 Å². The van der Waals surface area contributed by atoms with Crippen LogP contribution in [-0.4, -0.2) is 0 Å². The summed E-state index contributed by atoms with van der Waals surface area (Å²) in [6.45, 7) is 74.4. The fourth-order valence-corrected chi connectivity index (χ4v) is 8.86. The van der Waals surface area contributed by atoms with Gasteiger partial charge >= 0.3 is 0 Å². The van der Waals surface area contributed by atoms with Crippen molar-refractivity contribution in [3.63, 3.8) is 0 Å². The van der Waals surface area contributed by atoms with E-state index in [0.717, 1.165) is 23.5 Å². The summed E-state index contributed by atoms with van der Waals surface area (Å²) in [6.07, 6.45) is 12.7. The Hall–Kier alpha value is -5.20. The van der Waals surface area contributed by atoms with E-state index in [-0.39, 0.29) is 0 Å². The molecule has 0 radical (unpaired) electrons. The number of hydrogen-bond donors (Lipinski definition) is 0. The summed E-state index contributed by atoms with van der Waals surface area (Å²) in [6, 6.07) is 50.4. The van der Waals surface area contributed by atoms with Gasteiger partial charge in [-0.15, -0.1) is 0 Å². The molecule has 6 aromatic rings. The Morgan fingerprint density at radius 2 is 0.770 bits per heavy atom. The third kappa shape index (κ3) is 36.8. The van der Waals surface area contributed by atoms with E-state index >= 15 is 0 Å². The molecule has 4 atom stereocenters. The van der Waals surface area contributed by atoms with Crippen molar-refractivity contribution < 1.29 is 0 Å². The van der Waals surface area contributed by atoms with Crippen LogP contribution < -0.4 is 0 Å². The Labute approximate surface area is 546 Å². The maximum Gasteiger partial charge on any atom is -0.0106 e. The van der Waals surface area contributed by atoms with Crippen LogP contribution in [-0.2, 0) is 23.7 Å². The standard InChI is InChI=1S/C16H22.C14H20.C12H18.3C11H16.6C2H6/c1-7-13(6)16-9-14(11(2)3)8-15(10-16)12(4)5;1-3-11(2)13-10-6-8-12-7-4-5-9-14(12)13;1-5-9(2)12-7-6-10(3)11(4)8-12;1-4-10(3)11-7-5-6-9(2)8-11;2*1-4-11(2,3)10-8-6-5-7-9-10;6*1-2/h8-10,13H,2,4,7H2,1,3,5-6H3;6,8,10-11H,3-5,7,9H2,1-2H3;6-9H,5H2,1-4H3;5-8,10H,4H2,1-3H3;2*5-9H,4H2,1-3H3;6*1-2H3. The normalized spacial score (nSPS) is 11.9. The molecule has 87 heavy (non-hydrogen) atoms. The van der Waals surface area contributed by atoms with Crippen LogP contribution in [0, 0.1) is 20.8 Å². The SMILES string of the molecule is C=C(C)c1cc(C(=C)C)cc(C(C)CC)c1.CC.CC.CC.CC.CC.CC.CCC(C)(C)c1ccccc1.CCC(C)(C)c1ccccc1.CCC(C)c1ccc(C)c(C)c1.CCC(C)c1cccc(C)c1.CCC(C)c1cccc2c1CCCC2. The first-order valence-corrected chi connectivity index (χ1v) is 35.3. The summed E-state index contributed by atoms with van der Waals surface area (Å²) in [4.78, 5) is 0. The molecule has 0 saturated carbocycles. The van der Waals surface area contributed by atoms with Gasteiger partial charge < -0.3 is 0 Å². The highest BCUT2D eigenvalue weighted by atomic mass is 14.2. The molecule has 0 aliphatic heterocycles. The molecule has 0 fully saturated rings. The Morgan fingerprint density at radius 1 is 0.391 bits per heavy atom. The largest absolute Gasteiger partial charge is 0.0955 e. The molecule has 0 amide bonds. The van der Waals surface area contributed by atoms with Crippen molar-refractivity contribution >= 4 is 11.1 Å². The summed E-state index contributed by atoms with van der Waals surface area (Å²) in [5.74, 6) is 2.74. The lowest BCUT2D eigenvalue weighted by atomic mass is 9.82. The highest BCUT2D eigenvalue weighted by molar-refractivity contribution is 5.70. The quantitative estimate of drug-likeness (QED) is 0.102. The average molecular weight is 1190 g/mol. The molecule has 4 unspecified atom stereocenters. The number of hydrogen-bond acceptors (Lipinski definition) is 0. The lowest BCUT2D eigenvalue weighted by Gasteiger charge is -2.22. The first-order chi connectivity index (χ1) is 41.5. The molecule has 0 heteroatoms. The van der Waals surface area contributed by atoms with Crippen molar-refractivity contribution in [2.75, 3.05) is 0 Å². The minimum atomic E-state index is 0.335. The van der Waals surface area contributed by atoms with Gasteiger partial charge in [0.25, 0.3) is 0 Å². The smallest absolute Gasteiger partial charge is 0.0106 e. The zero-order valence-electron chi connectivity index (χ0n) is 63.6. The predicted molar refractivity (Wildman–Crippen MR) is 408 cm³/mol. The Kier molecular flexibility index (Phi) is 57.1. The fraction of sp³-hybridized carbons (Fsp3) is 0.540. The molecule has 1 aliphatic carbocycles. The van der Waals surface area contributed by atoms with Gasteiger partial charge in [0, 0.05) is 0 Å². The Bertz CT molecular complexity index is 2460. The monoisotopic (exact) mass is 1190 g/mol. The molecule has 0 saturated heterocycles. The van der Waals surface area contributed by atoms with E-state index in [2.05, 4.69) is 284 Å². The van der Waals surface area contributed by atoms with Crippen LogP contribution in [0.15, 0.2) is 153 Å². The van der Waals surface area contributed by atoms with Gasteiger partial charge in [-0.2, -0.15) is 0 Å². The van der Waals surface area contributed by atoms with Crippen LogP contribution in [0.25, 0.3) is 11.1 Å². The van der Waals surface area contributed by atoms with Crippen molar-refractivity contribution in [2.45, 2.75) is 313 Å². The van der Waals surface area contributed by atoms with Crippen molar-refractivity contribution in [3.8, 4) is 0 Å². The molecule has 0 nitrogen and oxygen atoms in total. The van der Waals surface area contributed by atoms with Gasteiger partial charge in [0.1, 0.15) is 0 Å². The predicted octanol–water partition coefficient (Wildman–Crippen LogP) is 29.6. The molecule has 6 aromatic carbocycles. The van der Waals surface area contributed by atoms with Gasteiger partial charge in [0.2, 0.25) is 0 Å². The van der Waals surface area contributed by atoms with E-state index in [9.17, 15) is 0 Å². The van der Waals surface area contributed by atoms with Crippen LogP contribution >= 0.6 is 0 Å². The fourth-order valence-electron chi connectivity index (χ4n) is 8.86. The lowest BCUT2D eigenvalue weighted by Crippen LogP contribution is -2.14. The van der Waals surface area contributed by atoms with Gasteiger partial charge in [-0.05, 0) is 206 Å². The molecule has 492 valence electrons. The van der Waals surface area contributed by atoms with Gasteiger partial charge in [-0.1, -0.05) is 343 Å². The number of fused-ring (bicyclic) bond motifs is 1. The van der Waals surface area contributed by atoms with E-state index in [1.807, 2.05) is 83.1 Å². The van der Waals surface area contributed by atoms with Crippen LogP contribution in [0.2, 0.25) is 0 Å². The third-order valence-corrected chi connectivity index (χ3v) is 16.5. The summed E-state index contributed by atoms with van der Waals surface area (Å²) in [5, 5.41) is 0. The van der Waals surface area contributed by atoms with Crippen LogP contribution in [0.4, 0.5) is 0 Å². The highest BCUT2D eigenvalue weighted by Crippen LogP contribution is 2.32. The number of allylic oxidation sites excluding steroid dienone is 2. The minimum Gasteiger partial charge on any atom is -0.0955 e.